The monoisotopic (exact) mass is 433 g/mol. The van der Waals surface area contributed by atoms with Gasteiger partial charge in [-0.2, -0.15) is 4.31 Å². The summed E-state index contributed by atoms with van der Waals surface area (Å²) in [4.78, 5) is 18.8. The largest absolute Gasteiger partial charge is 0.378 e. The summed E-state index contributed by atoms with van der Waals surface area (Å²) in [5, 5.41) is 2.99. The number of rotatable bonds is 7. The molecule has 1 aliphatic rings. The van der Waals surface area contributed by atoms with Crippen LogP contribution < -0.4 is 10.2 Å². The van der Waals surface area contributed by atoms with E-state index < -0.39 is 10.0 Å². The smallest absolute Gasteiger partial charge is 0.262 e. The van der Waals surface area contributed by atoms with Crippen molar-refractivity contribution in [2.24, 2.45) is 5.92 Å². The van der Waals surface area contributed by atoms with E-state index in [9.17, 15) is 13.2 Å². The minimum Gasteiger partial charge on any atom is -0.378 e. The molecule has 30 heavy (non-hydrogen) atoms. The van der Waals surface area contributed by atoms with E-state index in [-0.39, 0.29) is 29.4 Å². The van der Waals surface area contributed by atoms with E-state index in [4.69, 9.17) is 0 Å². The molecule has 1 aromatic heterocycles. The van der Waals surface area contributed by atoms with Crippen molar-refractivity contribution >= 4 is 21.6 Å². The van der Waals surface area contributed by atoms with Gasteiger partial charge in [0.05, 0.1) is 12.2 Å². The Morgan fingerprint density at radius 2 is 1.97 bits per heavy atom. The van der Waals surface area contributed by atoms with E-state index in [1.165, 1.54) is 10.6 Å². The molecule has 1 atom stereocenters. The third-order valence-electron chi connectivity index (χ3n) is 5.45. The molecule has 8 nitrogen and oxygen atoms in total. The Labute approximate surface area is 178 Å². The van der Waals surface area contributed by atoms with E-state index in [1.807, 2.05) is 57.1 Å². The predicted octanol–water partition coefficient (Wildman–Crippen LogP) is 2.25. The van der Waals surface area contributed by atoms with Crippen molar-refractivity contribution in [3.05, 3.63) is 42.4 Å². The van der Waals surface area contributed by atoms with Crippen molar-refractivity contribution < 1.29 is 13.2 Å². The lowest BCUT2D eigenvalue weighted by atomic mass is 9.99. The van der Waals surface area contributed by atoms with Crippen LogP contribution in [0.15, 0.2) is 41.8 Å². The first kappa shape index (κ1) is 22.3. The molecule has 1 N–H and O–H groups in total. The first-order valence-electron chi connectivity index (χ1n) is 10.3. The highest BCUT2D eigenvalue weighted by Crippen LogP contribution is 2.24. The summed E-state index contributed by atoms with van der Waals surface area (Å²) in [7, 11) is 0.254. The molecule has 2 aromatic rings. The number of benzene rings is 1. The molecule has 3 rings (SSSR count). The summed E-state index contributed by atoms with van der Waals surface area (Å²) >= 11 is 0. The van der Waals surface area contributed by atoms with Crippen molar-refractivity contribution in [3.63, 3.8) is 0 Å². The molecule has 0 bridgehead atoms. The number of nitrogens with zero attached hydrogens (tertiary/aromatic N) is 4. The third-order valence-corrected chi connectivity index (χ3v) is 7.20. The number of carbonyl (C=O) groups excluding carboxylic acids is 1. The fourth-order valence-electron chi connectivity index (χ4n) is 3.49. The van der Waals surface area contributed by atoms with E-state index in [0.717, 1.165) is 11.3 Å². The highest BCUT2D eigenvalue weighted by atomic mass is 32.2. The lowest BCUT2D eigenvalue weighted by Gasteiger charge is -2.30. The third kappa shape index (κ3) is 5.02. The molecular formula is C21H31N5O3S. The lowest BCUT2D eigenvalue weighted by molar-refractivity contribution is -0.126. The van der Waals surface area contributed by atoms with Crippen molar-refractivity contribution in [1.29, 1.82) is 0 Å². The van der Waals surface area contributed by atoms with Crippen LogP contribution >= 0.6 is 0 Å². The quantitative estimate of drug-likeness (QED) is 0.724. The Bertz CT molecular complexity index is 967. The van der Waals surface area contributed by atoms with Crippen LogP contribution in [0.4, 0.5) is 5.69 Å². The number of aromatic nitrogens is 2. The Morgan fingerprint density at radius 3 is 2.57 bits per heavy atom. The second-order valence-electron chi connectivity index (χ2n) is 8.23. The van der Waals surface area contributed by atoms with Crippen LogP contribution in [0.5, 0.6) is 0 Å². The predicted molar refractivity (Wildman–Crippen MR) is 117 cm³/mol. The number of carbonyl (C=O) groups is 1. The Morgan fingerprint density at radius 1 is 1.27 bits per heavy atom. The van der Waals surface area contributed by atoms with Crippen molar-refractivity contribution in [2.45, 2.75) is 44.3 Å². The van der Waals surface area contributed by atoms with Crippen LogP contribution in [0.3, 0.4) is 0 Å². The van der Waals surface area contributed by atoms with E-state index >= 15 is 0 Å². The number of amides is 1. The van der Waals surface area contributed by atoms with Gasteiger partial charge in [0.1, 0.15) is 0 Å². The maximum Gasteiger partial charge on any atom is 0.262 e. The molecule has 1 aromatic carbocycles. The molecule has 1 fully saturated rings. The van der Waals surface area contributed by atoms with Crippen molar-refractivity contribution in [3.8, 4) is 0 Å². The maximum absolute atomic E-state index is 13.0. The zero-order valence-corrected chi connectivity index (χ0v) is 18.9. The highest BCUT2D eigenvalue weighted by Gasteiger charge is 2.34. The van der Waals surface area contributed by atoms with Crippen LogP contribution in [0.2, 0.25) is 0 Å². The number of imidazole rings is 1. The molecule has 1 saturated heterocycles. The molecular weight excluding hydrogens is 402 g/mol. The molecule has 0 saturated carbocycles. The number of anilines is 1. The van der Waals surface area contributed by atoms with Gasteiger partial charge in [0.15, 0.2) is 5.03 Å². The van der Waals surface area contributed by atoms with Gasteiger partial charge in [0, 0.05) is 51.7 Å². The fourth-order valence-corrected chi connectivity index (χ4v) is 4.93. The van der Waals surface area contributed by atoms with Crippen LogP contribution in [0, 0.1) is 5.92 Å². The highest BCUT2D eigenvalue weighted by molar-refractivity contribution is 7.89. The zero-order chi connectivity index (χ0) is 21.9. The van der Waals surface area contributed by atoms with Gasteiger partial charge in [0.2, 0.25) is 5.91 Å². The summed E-state index contributed by atoms with van der Waals surface area (Å²) in [5.41, 5.74) is 2.10. The first-order chi connectivity index (χ1) is 14.2. The normalized spacial score (nSPS) is 17.8. The average Bonchev–Trinajstić information content (AvgIpc) is 3.24. The van der Waals surface area contributed by atoms with Crippen molar-refractivity contribution in [2.75, 3.05) is 32.1 Å². The Hall–Kier alpha value is -2.39. The molecule has 0 unspecified atom stereocenters. The number of nitrogens with one attached hydrogen (secondary N) is 1. The fraction of sp³-hybridized carbons (Fsp3) is 0.524. The van der Waals surface area contributed by atoms with Gasteiger partial charge in [-0.3, -0.25) is 4.79 Å². The maximum atomic E-state index is 13.0. The van der Waals surface area contributed by atoms with E-state index in [2.05, 4.69) is 10.3 Å². The topological polar surface area (TPSA) is 87.5 Å². The molecule has 164 valence electrons. The van der Waals surface area contributed by atoms with Crippen LogP contribution in [-0.2, 0) is 21.4 Å². The van der Waals surface area contributed by atoms with Crippen LogP contribution in [0.1, 0.15) is 38.3 Å². The molecule has 1 amide bonds. The Balaban J connectivity index is 1.61. The summed E-state index contributed by atoms with van der Waals surface area (Å²) in [6, 6.07) is 8.11. The number of sulfonamides is 1. The van der Waals surface area contributed by atoms with E-state index in [1.54, 1.807) is 10.8 Å². The van der Waals surface area contributed by atoms with Gasteiger partial charge < -0.3 is 14.8 Å². The standard InChI is InChI=1S/C21H31N5O3S/c1-16(2)25-14-20(23-15-25)30(28,29)26-11-5-6-18(13-26)21(27)22-12-17-7-9-19(10-8-17)24(3)4/h7-10,14-16,18H,5-6,11-13H2,1-4H3,(H,22,27)/t18-/m1/s1. The van der Waals surface area contributed by atoms with Crippen LogP contribution in [-0.4, -0.2) is 55.4 Å². The average molecular weight is 434 g/mol. The zero-order valence-electron chi connectivity index (χ0n) is 18.1. The molecule has 9 heteroatoms. The molecule has 0 radical (unpaired) electrons. The first-order valence-corrected chi connectivity index (χ1v) is 11.7. The summed E-state index contributed by atoms with van der Waals surface area (Å²) in [6.45, 7) is 4.95. The van der Waals surface area contributed by atoms with Gasteiger partial charge in [-0.05, 0) is 44.4 Å². The minimum atomic E-state index is -3.70. The van der Waals surface area contributed by atoms with Crippen LogP contribution in [0.25, 0.3) is 0 Å². The van der Waals surface area contributed by atoms with Gasteiger partial charge in [-0.15, -0.1) is 0 Å². The van der Waals surface area contributed by atoms with Crippen molar-refractivity contribution in [1.82, 2.24) is 19.2 Å². The molecule has 0 spiro atoms. The Kier molecular flexibility index (Phi) is 6.82. The molecule has 1 aliphatic heterocycles. The second-order valence-corrected chi connectivity index (χ2v) is 10.1. The second kappa shape index (κ2) is 9.18. The molecule has 0 aliphatic carbocycles. The lowest BCUT2D eigenvalue weighted by Crippen LogP contribution is -2.45. The summed E-state index contributed by atoms with van der Waals surface area (Å²) in [6.07, 6.45) is 4.42. The molecule has 2 heterocycles. The number of piperidine rings is 1. The summed E-state index contributed by atoms with van der Waals surface area (Å²) < 4.78 is 29.1. The van der Waals surface area contributed by atoms with E-state index in [0.29, 0.717) is 25.9 Å². The minimum absolute atomic E-state index is 0.0400. The summed E-state index contributed by atoms with van der Waals surface area (Å²) in [5.74, 6) is -0.471. The van der Waals surface area contributed by atoms with Gasteiger partial charge in [-0.1, -0.05) is 12.1 Å². The number of hydrogen-bond donors (Lipinski definition) is 1. The number of hydrogen-bond acceptors (Lipinski definition) is 5. The van der Waals surface area contributed by atoms with Gasteiger partial charge in [0.25, 0.3) is 10.0 Å². The van der Waals surface area contributed by atoms with Gasteiger partial charge in [-0.25, -0.2) is 13.4 Å². The SMILES string of the molecule is CC(C)n1cnc(S(=O)(=O)N2CCC[C@@H](C(=O)NCc3ccc(N(C)C)cc3)C2)c1. The van der Waals surface area contributed by atoms with Gasteiger partial charge >= 0.3 is 0 Å².